The van der Waals surface area contributed by atoms with Crippen molar-refractivity contribution >= 4 is 12.4 Å². The fraction of sp³-hybridized carbons (Fsp3) is 0.545. The van der Waals surface area contributed by atoms with Crippen molar-refractivity contribution in [1.29, 1.82) is 0 Å². The smallest absolute Gasteiger partial charge is 0.0573 e. The summed E-state index contributed by atoms with van der Waals surface area (Å²) in [5.41, 5.74) is 2.66. The molecule has 0 saturated heterocycles. The molecule has 1 unspecified atom stereocenters. The molecule has 14 heavy (non-hydrogen) atoms. The summed E-state index contributed by atoms with van der Waals surface area (Å²) in [4.78, 5) is 4.39. The molecular weight excluding hydrogens is 196 g/mol. The third-order valence-electron chi connectivity index (χ3n) is 2.80. The lowest BCUT2D eigenvalue weighted by Crippen LogP contribution is -2.19. The van der Waals surface area contributed by atoms with Crippen molar-refractivity contribution in [2.24, 2.45) is 5.92 Å². The summed E-state index contributed by atoms with van der Waals surface area (Å²) in [5.74, 6) is 0.783. The molecule has 0 spiro atoms. The SMILES string of the molecule is CCC1CNCc2ncccc2C1.Cl. The van der Waals surface area contributed by atoms with Crippen LogP contribution in [0, 0.1) is 5.92 Å². The standard InChI is InChI=1S/C11H16N2.ClH/c1-2-9-6-10-4-3-5-13-11(10)8-12-7-9;/h3-5,9,12H,2,6-8H2,1H3;1H. The van der Waals surface area contributed by atoms with Gasteiger partial charge in [0.2, 0.25) is 0 Å². The van der Waals surface area contributed by atoms with Crippen molar-refractivity contribution in [1.82, 2.24) is 10.3 Å². The molecule has 2 rings (SSSR count). The summed E-state index contributed by atoms with van der Waals surface area (Å²) in [6.45, 7) is 4.33. The molecule has 0 amide bonds. The van der Waals surface area contributed by atoms with Gasteiger partial charge in [-0.25, -0.2) is 0 Å². The van der Waals surface area contributed by atoms with E-state index in [4.69, 9.17) is 0 Å². The van der Waals surface area contributed by atoms with Crippen molar-refractivity contribution in [2.45, 2.75) is 26.3 Å². The van der Waals surface area contributed by atoms with Gasteiger partial charge in [0, 0.05) is 12.7 Å². The van der Waals surface area contributed by atoms with Gasteiger partial charge in [0.1, 0.15) is 0 Å². The molecule has 0 aromatic carbocycles. The Kier molecular flexibility index (Phi) is 4.36. The monoisotopic (exact) mass is 212 g/mol. The number of rotatable bonds is 1. The van der Waals surface area contributed by atoms with E-state index >= 15 is 0 Å². The zero-order valence-corrected chi connectivity index (χ0v) is 9.31. The highest BCUT2D eigenvalue weighted by Crippen LogP contribution is 2.17. The second-order valence-corrected chi connectivity index (χ2v) is 3.72. The molecule has 1 N–H and O–H groups in total. The van der Waals surface area contributed by atoms with E-state index < -0.39 is 0 Å². The summed E-state index contributed by atoms with van der Waals surface area (Å²) in [5, 5.41) is 3.44. The first-order valence-corrected chi connectivity index (χ1v) is 5.03. The average Bonchev–Trinajstić information content (AvgIpc) is 2.38. The quantitative estimate of drug-likeness (QED) is 0.772. The largest absolute Gasteiger partial charge is 0.311 e. The maximum atomic E-state index is 4.39. The van der Waals surface area contributed by atoms with Gasteiger partial charge in [0.05, 0.1) is 5.69 Å². The number of hydrogen-bond acceptors (Lipinski definition) is 2. The fourth-order valence-electron chi connectivity index (χ4n) is 1.88. The number of aromatic nitrogens is 1. The highest BCUT2D eigenvalue weighted by atomic mass is 35.5. The van der Waals surface area contributed by atoms with Crippen molar-refractivity contribution in [3.05, 3.63) is 29.6 Å². The first-order chi connectivity index (χ1) is 6.40. The molecule has 3 heteroatoms. The predicted octanol–water partition coefficient (Wildman–Crippen LogP) is 2.18. The summed E-state index contributed by atoms with van der Waals surface area (Å²) >= 11 is 0. The molecule has 0 saturated carbocycles. The Morgan fingerprint density at radius 3 is 3.21 bits per heavy atom. The molecule has 0 radical (unpaired) electrons. The van der Waals surface area contributed by atoms with E-state index in [-0.39, 0.29) is 12.4 Å². The molecule has 0 aliphatic carbocycles. The van der Waals surface area contributed by atoms with Gasteiger partial charge in [-0.2, -0.15) is 0 Å². The molecule has 2 nitrogen and oxygen atoms in total. The minimum atomic E-state index is 0. The Labute approximate surface area is 91.5 Å². The fourth-order valence-corrected chi connectivity index (χ4v) is 1.88. The van der Waals surface area contributed by atoms with Crippen LogP contribution >= 0.6 is 12.4 Å². The van der Waals surface area contributed by atoms with Gasteiger partial charge in [-0.05, 0) is 30.5 Å². The molecule has 1 atom stereocenters. The van der Waals surface area contributed by atoms with Crippen molar-refractivity contribution in [3.8, 4) is 0 Å². The number of halogens is 1. The van der Waals surface area contributed by atoms with Gasteiger partial charge in [-0.1, -0.05) is 19.4 Å². The molecule has 1 aromatic rings. The van der Waals surface area contributed by atoms with E-state index in [9.17, 15) is 0 Å². The molecule has 0 fully saturated rings. The van der Waals surface area contributed by atoms with Gasteiger partial charge < -0.3 is 5.32 Å². The number of nitrogens with one attached hydrogen (secondary N) is 1. The van der Waals surface area contributed by atoms with Crippen LogP contribution in [-0.2, 0) is 13.0 Å². The number of nitrogens with zero attached hydrogens (tertiary/aromatic N) is 1. The Morgan fingerprint density at radius 1 is 1.57 bits per heavy atom. The topological polar surface area (TPSA) is 24.9 Å². The maximum absolute atomic E-state index is 4.39. The van der Waals surface area contributed by atoms with Crippen LogP contribution in [0.25, 0.3) is 0 Å². The normalized spacial score (nSPS) is 20.5. The summed E-state index contributed by atoms with van der Waals surface area (Å²) in [6.07, 6.45) is 4.32. The lowest BCUT2D eigenvalue weighted by Gasteiger charge is -2.10. The van der Waals surface area contributed by atoms with E-state index in [1.807, 2.05) is 12.3 Å². The third-order valence-corrected chi connectivity index (χ3v) is 2.80. The second kappa shape index (κ2) is 5.32. The summed E-state index contributed by atoms with van der Waals surface area (Å²) in [6, 6.07) is 4.24. The zero-order valence-electron chi connectivity index (χ0n) is 8.49. The molecule has 0 bridgehead atoms. The lowest BCUT2D eigenvalue weighted by molar-refractivity contribution is 0.477. The minimum absolute atomic E-state index is 0. The summed E-state index contributed by atoms with van der Waals surface area (Å²) in [7, 11) is 0. The molecule has 1 aromatic heterocycles. The molecular formula is C11H17ClN2. The van der Waals surface area contributed by atoms with Gasteiger partial charge >= 0.3 is 0 Å². The van der Waals surface area contributed by atoms with Crippen LogP contribution in [0.2, 0.25) is 0 Å². The number of pyridine rings is 1. The lowest BCUT2D eigenvalue weighted by atomic mass is 9.98. The predicted molar refractivity (Wildman–Crippen MR) is 60.7 cm³/mol. The van der Waals surface area contributed by atoms with Crippen LogP contribution in [0.3, 0.4) is 0 Å². The third kappa shape index (κ3) is 2.46. The molecule has 78 valence electrons. The van der Waals surface area contributed by atoms with Gasteiger partial charge in [-0.15, -0.1) is 12.4 Å². The van der Waals surface area contributed by atoms with Crippen LogP contribution in [0.15, 0.2) is 18.3 Å². The first kappa shape index (κ1) is 11.5. The van der Waals surface area contributed by atoms with E-state index in [1.165, 1.54) is 24.1 Å². The van der Waals surface area contributed by atoms with Crippen LogP contribution in [0.5, 0.6) is 0 Å². The summed E-state index contributed by atoms with van der Waals surface area (Å²) < 4.78 is 0. The number of fused-ring (bicyclic) bond motifs is 1. The number of hydrogen-bond donors (Lipinski definition) is 1. The van der Waals surface area contributed by atoms with Gasteiger partial charge in [0.15, 0.2) is 0 Å². The molecule has 1 aliphatic rings. The van der Waals surface area contributed by atoms with Crippen LogP contribution in [0.4, 0.5) is 0 Å². The highest BCUT2D eigenvalue weighted by molar-refractivity contribution is 5.85. The van der Waals surface area contributed by atoms with Crippen molar-refractivity contribution in [2.75, 3.05) is 6.54 Å². The first-order valence-electron chi connectivity index (χ1n) is 5.03. The Morgan fingerprint density at radius 2 is 2.43 bits per heavy atom. The van der Waals surface area contributed by atoms with Crippen LogP contribution in [-0.4, -0.2) is 11.5 Å². The van der Waals surface area contributed by atoms with Crippen molar-refractivity contribution in [3.63, 3.8) is 0 Å². The zero-order chi connectivity index (χ0) is 9.10. The minimum Gasteiger partial charge on any atom is -0.311 e. The maximum Gasteiger partial charge on any atom is 0.0573 e. The molecule has 2 heterocycles. The second-order valence-electron chi connectivity index (χ2n) is 3.72. The highest BCUT2D eigenvalue weighted by Gasteiger charge is 2.14. The van der Waals surface area contributed by atoms with E-state index in [1.54, 1.807) is 0 Å². The average molecular weight is 213 g/mol. The van der Waals surface area contributed by atoms with E-state index in [0.717, 1.165) is 19.0 Å². The Balaban J connectivity index is 0.000000980. The Hall–Kier alpha value is -0.600. The van der Waals surface area contributed by atoms with Crippen molar-refractivity contribution < 1.29 is 0 Å². The van der Waals surface area contributed by atoms with Gasteiger partial charge in [0.25, 0.3) is 0 Å². The molecule has 1 aliphatic heterocycles. The Bertz CT molecular complexity index is 288. The van der Waals surface area contributed by atoms with Crippen LogP contribution in [0.1, 0.15) is 24.6 Å². The van der Waals surface area contributed by atoms with Crippen LogP contribution < -0.4 is 5.32 Å². The van der Waals surface area contributed by atoms with E-state index in [2.05, 4.69) is 23.3 Å². The van der Waals surface area contributed by atoms with E-state index in [0.29, 0.717) is 0 Å². The van der Waals surface area contributed by atoms with Gasteiger partial charge in [-0.3, -0.25) is 4.98 Å².